The van der Waals surface area contributed by atoms with Gasteiger partial charge in [0.2, 0.25) is 0 Å². The van der Waals surface area contributed by atoms with Crippen LogP contribution < -0.4 is 0 Å². The first-order valence-corrected chi connectivity index (χ1v) is 6.88. The van der Waals surface area contributed by atoms with Gasteiger partial charge < -0.3 is 5.11 Å². The van der Waals surface area contributed by atoms with Gasteiger partial charge >= 0.3 is 0 Å². The minimum Gasteiger partial charge on any atom is -0.388 e. The van der Waals surface area contributed by atoms with Gasteiger partial charge in [-0.3, -0.25) is 4.68 Å². The third-order valence-electron chi connectivity index (χ3n) is 2.98. The summed E-state index contributed by atoms with van der Waals surface area (Å²) in [6, 6.07) is 4.56. The van der Waals surface area contributed by atoms with Crippen LogP contribution in [0, 0.1) is 12.7 Å². The van der Waals surface area contributed by atoms with Crippen LogP contribution in [0.5, 0.6) is 0 Å². The molecule has 0 saturated carbocycles. The summed E-state index contributed by atoms with van der Waals surface area (Å²) < 4.78 is 15.4. The lowest BCUT2D eigenvalue weighted by Gasteiger charge is -2.12. The van der Waals surface area contributed by atoms with Gasteiger partial charge in [-0.2, -0.15) is 5.10 Å². The number of rotatable bonds is 3. The summed E-state index contributed by atoms with van der Waals surface area (Å²) in [6.45, 7) is 1.80. The van der Waals surface area contributed by atoms with Crippen LogP contribution in [0.25, 0.3) is 0 Å². The molecule has 2 rings (SSSR count). The van der Waals surface area contributed by atoms with Crippen LogP contribution in [0.15, 0.2) is 22.7 Å². The summed E-state index contributed by atoms with van der Waals surface area (Å²) in [7, 11) is 1.77. The Morgan fingerprint density at radius 2 is 2.21 bits per heavy atom. The minimum atomic E-state index is -0.824. The molecule has 0 radical (unpaired) electrons. The van der Waals surface area contributed by atoms with Gasteiger partial charge in [0.1, 0.15) is 5.82 Å². The zero-order valence-corrected chi connectivity index (χ0v) is 12.8. The number of aromatic nitrogens is 2. The zero-order valence-electron chi connectivity index (χ0n) is 10.5. The van der Waals surface area contributed by atoms with Crippen LogP contribution in [-0.2, 0) is 13.5 Å². The van der Waals surface area contributed by atoms with E-state index >= 15 is 0 Å². The maximum Gasteiger partial charge on any atom is 0.137 e. The predicted octanol–water partition coefficient (Wildman–Crippen LogP) is 3.56. The van der Waals surface area contributed by atoms with Gasteiger partial charge in [-0.1, -0.05) is 17.7 Å². The Morgan fingerprint density at radius 3 is 2.74 bits per heavy atom. The monoisotopic (exact) mass is 346 g/mol. The van der Waals surface area contributed by atoms with Gasteiger partial charge in [-0.05, 0) is 40.5 Å². The van der Waals surface area contributed by atoms with Crippen molar-refractivity contribution >= 4 is 27.5 Å². The fourth-order valence-corrected chi connectivity index (χ4v) is 2.41. The van der Waals surface area contributed by atoms with Crippen LogP contribution in [-0.4, -0.2) is 14.9 Å². The molecule has 0 spiro atoms. The van der Waals surface area contributed by atoms with Crippen LogP contribution in [0.2, 0.25) is 5.02 Å². The van der Waals surface area contributed by atoms with Crippen molar-refractivity contribution in [2.45, 2.75) is 19.4 Å². The minimum absolute atomic E-state index is 0.289. The highest BCUT2D eigenvalue weighted by Gasteiger charge is 2.17. The van der Waals surface area contributed by atoms with Gasteiger partial charge in [-0.15, -0.1) is 0 Å². The molecule has 0 aliphatic rings. The van der Waals surface area contributed by atoms with Gasteiger partial charge in [0.15, 0.2) is 0 Å². The predicted molar refractivity (Wildman–Crippen MR) is 75.7 cm³/mol. The Balaban J connectivity index is 2.25. The Hall–Kier alpha value is -0.910. The Bertz CT molecular complexity index is 615. The van der Waals surface area contributed by atoms with Gasteiger partial charge in [0.25, 0.3) is 0 Å². The van der Waals surface area contributed by atoms with E-state index in [0.29, 0.717) is 20.8 Å². The molecule has 3 nitrogen and oxygen atoms in total. The molecule has 2 aromatic rings. The van der Waals surface area contributed by atoms with Gasteiger partial charge in [-0.25, -0.2) is 4.39 Å². The molecule has 1 unspecified atom stereocenters. The van der Waals surface area contributed by atoms with Crippen molar-refractivity contribution in [1.82, 2.24) is 9.78 Å². The van der Waals surface area contributed by atoms with Crippen molar-refractivity contribution < 1.29 is 9.50 Å². The first-order valence-electron chi connectivity index (χ1n) is 5.71. The topological polar surface area (TPSA) is 38.0 Å². The smallest absolute Gasteiger partial charge is 0.137 e. The molecule has 6 heteroatoms. The van der Waals surface area contributed by atoms with E-state index in [1.54, 1.807) is 30.8 Å². The van der Waals surface area contributed by atoms with E-state index in [0.717, 1.165) is 5.69 Å². The average molecular weight is 348 g/mol. The summed E-state index contributed by atoms with van der Waals surface area (Å²) in [5.74, 6) is -0.399. The molecule has 1 heterocycles. The molecule has 102 valence electrons. The second-order valence-corrected chi connectivity index (χ2v) is 5.60. The lowest BCUT2D eigenvalue weighted by molar-refractivity contribution is 0.175. The summed E-state index contributed by atoms with van der Waals surface area (Å²) in [5.41, 5.74) is 1.96. The molecule has 0 bridgehead atoms. The lowest BCUT2D eigenvalue weighted by Crippen LogP contribution is -2.07. The zero-order chi connectivity index (χ0) is 14.2. The summed E-state index contributed by atoms with van der Waals surface area (Å²) in [6.07, 6.45) is -0.535. The number of halogens is 3. The molecular weight excluding hydrogens is 335 g/mol. The average Bonchev–Trinajstić information content (AvgIpc) is 2.59. The van der Waals surface area contributed by atoms with Crippen molar-refractivity contribution in [2.75, 3.05) is 0 Å². The van der Waals surface area contributed by atoms with Gasteiger partial charge in [0.05, 0.1) is 27.0 Å². The fraction of sp³-hybridized carbons (Fsp3) is 0.308. The Labute approximate surface area is 124 Å². The molecule has 0 aliphatic carbocycles. The third-order valence-corrected chi connectivity index (χ3v) is 4.11. The molecule has 0 fully saturated rings. The quantitative estimate of drug-likeness (QED) is 0.922. The lowest BCUT2D eigenvalue weighted by atomic mass is 10.0. The third kappa shape index (κ3) is 2.99. The van der Waals surface area contributed by atoms with Crippen molar-refractivity contribution in [3.8, 4) is 0 Å². The molecule has 1 aromatic heterocycles. The van der Waals surface area contributed by atoms with E-state index in [9.17, 15) is 9.50 Å². The van der Waals surface area contributed by atoms with Crippen LogP contribution >= 0.6 is 27.5 Å². The van der Waals surface area contributed by atoms with E-state index in [1.165, 1.54) is 6.07 Å². The van der Waals surface area contributed by atoms with Crippen molar-refractivity contribution in [3.63, 3.8) is 0 Å². The first kappa shape index (κ1) is 14.5. The molecule has 1 aromatic carbocycles. The Kier molecular flexibility index (Phi) is 4.28. The second kappa shape index (κ2) is 5.61. The van der Waals surface area contributed by atoms with Crippen molar-refractivity contribution in [3.05, 3.63) is 50.5 Å². The molecule has 1 atom stereocenters. The number of hydrogen-bond acceptors (Lipinski definition) is 2. The number of aryl methyl sites for hydroxylation is 2. The summed E-state index contributed by atoms with van der Waals surface area (Å²) in [4.78, 5) is 0. The number of hydrogen-bond donors (Lipinski definition) is 1. The molecule has 0 aliphatic heterocycles. The van der Waals surface area contributed by atoms with Crippen molar-refractivity contribution in [2.24, 2.45) is 7.05 Å². The largest absolute Gasteiger partial charge is 0.388 e. The van der Waals surface area contributed by atoms with E-state index < -0.39 is 11.9 Å². The number of aliphatic hydroxyl groups excluding tert-OH is 1. The van der Waals surface area contributed by atoms with Gasteiger partial charge in [0, 0.05) is 13.5 Å². The molecule has 19 heavy (non-hydrogen) atoms. The van der Waals surface area contributed by atoms with Crippen LogP contribution in [0.4, 0.5) is 4.39 Å². The highest BCUT2D eigenvalue weighted by Crippen LogP contribution is 2.27. The van der Waals surface area contributed by atoms with E-state index in [2.05, 4.69) is 21.0 Å². The summed E-state index contributed by atoms with van der Waals surface area (Å²) in [5, 5.41) is 14.9. The molecular formula is C13H13BrClFN2O. The summed E-state index contributed by atoms with van der Waals surface area (Å²) >= 11 is 9.21. The number of aliphatic hydroxyl groups is 1. The molecule has 0 amide bonds. The normalized spacial score (nSPS) is 12.7. The highest BCUT2D eigenvalue weighted by molar-refractivity contribution is 9.10. The molecule has 0 saturated heterocycles. The SMILES string of the molecule is Cc1nn(C)c(CC(O)c2ccc(Br)c(F)c2)c1Cl. The number of nitrogens with zero attached hydrogens (tertiary/aromatic N) is 2. The number of benzene rings is 1. The second-order valence-electron chi connectivity index (χ2n) is 4.36. The van der Waals surface area contributed by atoms with Crippen molar-refractivity contribution in [1.29, 1.82) is 0 Å². The van der Waals surface area contributed by atoms with E-state index in [1.807, 2.05) is 0 Å². The maximum atomic E-state index is 13.4. The molecule has 1 N–H and O–H groups in total. The van der Waals surface area contributed by atoms with Crippen LogP contribution in [0.3, 0.4) is 0 Å². The van der Waals surface area contributed by atoms with Crippen LogP contribution in [0.1, 0.15) is 23.1 Å². The fourth-order valence-electron chi connectivity index (χ4n) is 1.92. The standard InChI is InChI=1S/C13H13BrClFN2O/c1-7-13(15)11(18(2)17-7)6-12(19)8-3-4-9(14)10(16)5-8/h3-5,12,19H,6H2,1-2H3. The highest BCUT2D eigenvalue weighted by atomic mass is 79.9. The van der Waals surface area contributed by atoms with E-state index in [4.69, 9.17) is 11.6 Å². The van der Waals surface area contributed by atoms with E-state index in [-0.39, 0.29) is 6.42 Å². The first-order chi connectivity index (χ1) is 8.90. The Morgan fingerprint density at radius 1 is 1.53 bits per heavy atom. The maximum absolute atomic E-state index is 13.4.